The predicted octanol–water partition coefficient (Wildman–Crippen LogP) is 2.47. The first-order chi connectivity index (χ1) is 8.08. The van der Waals surface area contributed by atoms with Crippen LogP contribution in [-0.4, -0.2) is 33.7 Å². The third-order valence-electron chi connectivity index (χ3n) is 3.42. The SMILES string of the molecule is CC1CCN(C(=O)[C@@H](C)n2cc(Br)cn2)CC1. The zero-order chi connectivity index (χ0) is 12.4. The van der Waals surface area contributed by atoms with Crippen molar-refractivity contribution in [2.45, 2.75) is 32.7 Å². The average molecular weight is 300 g/mol. The van der Waals surface area contributed by atoms with Crippen LogP contribution in [0.15, 0.2) is 16.9 Å². The molecule has 1 aliphatic heterocycles. The monoisotopic (exact) mass is 299 g/mol. The molecule has 0 aliphatic carbocycles. The van der Waals surface area contributed by atoms with Crippen molar-refractivity contribution in [1.82, 2.24) is 14.7 Å². The van der Waals surface area contributed by atoms with Gasteiger partial charge in [-0.3, -0.25) is 9.48 Å². The summed E-state index contributed by atoms with van der Waals surface area (Å²) in [6, 6.07) is -0.213. The molecule has 1 atom stereocenters. The quantitative estimate of drug-likeness (QED) is 0.841. The van der Waals surface area contributed by atoms with E-state index in [1.54, 1.807) is 10.9 Å². The number of halogens is 1. The van der Waals surface area contributed by atoms with Gasteiger partial charge in [0.1, 0.15) is 6.04 Å². The third kappa shape index (κ3) is 2.89. The Morgan fingerprint density at radius 1 is 1.53 bits per heavy atom. The largest absolute Gasteiger partial charge is 0.341 e. The number of carbonyl (C=O) groups excluding carboxylic acids is 1. The van der Waals surface area contributed by atoms with Gasteiger partial charge in [0.2, 0.25) is 5.91 Å². The first kappa shape index (κ1) is 12.6. The predicted molar refractivity (Wildman–Crippen MR) is 69.6 cm³/mol. The zero-order valence-corrected chi connectivity index (χ0v) is 11.9. The van der Waals surface area contributed by atoms with E-state index in [9.17, 15) is 4.79 Å². The maximum Gasteiger partial charge on any atom is 0.247 e. The van der Waals surface area contributed by atoms with E-state index >= 15 is 0 Å². The van der Waals surface area contributed by atoms with Crippen LogP contribution in [0.2, 0.25) is 0 Å². The summed E-state index contributed by atoms with van der Waals surface area (Å²) in [5.41, 5.74) is 0. The number of carbonyl (C=O) groups is 1. The fraction of sp³-hybridized carbons (Fsp3) is 0.667. The Morgan fingerprint density at radius 3 is 2.71 bits per heavy atom. The molecule has 4 nitrogen and oxygen atoms in total. The smallest absolute Gasteiger partial charge is 0.247 e. The van der Waals surface area contributed by atoms with Crippen LogP contribution in [-0.2, 0) is 4.79 Å². The van der Waals surface area contributed by atoms with Crippen molar-refractivity contribution in [3.05, 3.63) is 16.9 Å². The molecular formula is C12H18BrN3O. The summed E-state index contributed by atoms with van der Waals surface area (Å²) in [6.07, 6.45) is 5.78. The molecule has 0 N–H and O–H groups in total. The van der Waals surface area contributed by atoms with E-state index in [2.05, 4.69) is 28.0 Å². The Kier molecular flexibility index (Phi) is 3.86. The molecular weight excluding hydrogens is 282 g/mol. The third-order valence-corrected chi connectivity index (χ3v) is 3.83. The fourth-order valence-electron chi connectivity index (χ4n) is 2.13. The normalized spacial score (nSPS) is 19.4. The molecule has 1 saturated heterocycles. The molecule has 0 bridgehead atoms. The minimum atomic E-state index is -0.213. The van der Waals surface area contributed by atoms with Crippen molar-refractivity contribution in [1.29, 1.82) is 0 Å². The first-order valence-electron chi connectivity index (χ1n) is 6.06. The molecule has 0 radical (unpaired) electrons. The van der Waals surface area contributed by atoms with Gasteiger partial charge in [0.15, 0.2) is 0 Å². The molecule has 2 rings (SSSR count). The molecule has 0 saturated carbocycles. The first-order valence-corrected chi connectivity index (χ1v) is 6.85. The Bertz CT molecular complexity index is 396. The van der Waals surface area contributed by atoms with Crippen molar-refractivity contribution < 1.29 is 4.79 Å². The second-order valence-electron chi connectivity index (χ2n) is 4.82. The number of aromatic nitrogens is 2. The van der Waals surface area contributed by atoms with Gasteiger partial charge in [-0.1, -0.05) is 6.92 Å². The second-order valence-corrected chi connectivity index (χ2v) is 5.74. The number of nitrogens with zero attached hydrogens (tertiary/aromatic N) is 3. The van der Waals surface area contributed by atoms with Crippen LogP contribution in [0.5, 0.6) is 0 Å². The van der Waals surface area contributed by atoms with Crippen LogP contribution >= 0.6 is 15.9 Å². The van der Waals surface area contributed by atoms with Gasteiger partial charge in [0.25, 0.3) is 0 Å². The number of piperidine rings is 1. The van der Waals surface area contributed by atoms with Crippen LogP contribution < -0.4 is 0 Å². The van der Waals surface area contributed by atoms with Crippen molar-refractivity contribution in [2.24, 2.45) is 5.92 Å². The minimum absolute atomic E-state index is 0.174. The summed E-state index contributed by atoms with van der Waals surface area (Å²) in [4.78, 5) is 14.2. The van der Waals surface area contributed by atoms with Gasteiger partial charge in [-0.25, -0.2) is 0 Å². The van der Waals surface area contributed by atoms with Crippen molar-refractivity contribution in [2.75, 3.05) is 13.1 Å². The van der Waals surface area contributed by atoms with E-state index < -0.39 is 0 Å². The molecule has 17 heavy (non-hydrogen) atoms. The maximum atomic E-state index is 12.3. The van der Waals surface area contributed by atoms with Crippen LogP contribution in [0, 0.1) is 5.92 Å². The number of hydrogen-bond acceptors (Lipinski definition) is 2. The summed E-state index contributed by atoms with van der Waals surface area (Å²) in [7, 11) is 0. The number of hydrogen-bond donors (Lipinski definition) is 0. The summed E-state index contributed by atoms with van der Waals surface area (Å²) in [6.45, 7) is 5.91. The Morgan fingerprint density at radius 2 is 2.18 bits per heavy atom. The van der Waals surface area contributed by atoms with Gasteiger partial charge in [0.05, 0.1) is 10.7 Å². The summed E-state index contributed by atoms with van der Waals surface area (Å²) < 4.78 is 2.62. The van der Waals surface area contributed by atoms with Gasteiger partial charge in [0, 0.05) is 19.3 Å². The Balaban J connectivity index is 2.00. The van der Waals surface area contributed by atoms with Gasteiger partial charge in [-0.05, 0) is 41.6 Å². The van der Waals surface area contributed by atoms with Gasteiger partial charge >= 0.3 is 0 Å². The van der Waals surface area contributed by atoms with Crippen LogP contribution in [0.25, 0.3) is 0 Å². The maximum absolute atomic E-state index is 12.3. The highest BCUT2D eigenvalue weighted by Gasteiger charge is 2.25. The standard InChI is InChI=1S/C12H18BrN3O/c1-9-3-5-15(6-4-9)12(17)10(2)16-8-11(13)7-14-16/h7-10H,3-6H2,1-2H3/t10-/m1/s1. The average Bonchev–Trinajstić information content (AvgIpc) is 2.75. The highest BCUT2D eigenvalue weighted by molar-refractivity contribution is 9.10. The van der Waals surface area contributed by atoms with Crippen molar-refractivity contribution in [3.8, 4) is 0 Å². The molecule has 1 aromatic rings. The molecule has 0 spiro atoms. The number of likely N-dealkylation sites (tertiary alicyclic amines) is 1. The lowest BCUT2D eigenvalue weighted by Gasteiger charge is -2.32. The van der Waals surface area contributed by atoms with E-state index in [1.165, 1.54) is 0 Å². The van der Waals surface area contributed by atoms with Crippen LogP contribution in [0.4, 0.5) is 0 Å². The molecule has 0 aromatic carbocycles. The van der Waals surface area contributed by atoms with E-state index in [-0.39, 0.29) is 11.9 Å². The summed E-state index contributed by atoms with van der Waals surface area (Å²) >= 11 is 3.35. The lowest BCUT2D eigenvalue weighted by Crippen LogP contribution is -2.41. The molecule has 1 aromatic heterocycles. The highest BCUT2D eigenvalue weighted by Crippen LogP contribution is 2.20. The molecule has 1 fully saturated rings. The fourth-order valence-corrected chi connectivity index (χ4v) is 2.43. The zero-order valence-electron chi connectivity index (χ0n) is 10.3. The lowest BCUT2D eigenvalue weighted by molar-refractivity contribution is -0.135. The minimum Gasteiger partial charge on any atom is -0.341 e. The van der Waals surface area contributed by atoms with E-state index in [0.29, 0.717) is 0 Å². The molecule has 1 amide bonds. The van der Waals surface area contributed by atoms with Crippen LogP contribution in [0.3, 0.4) is 0 Å². The number of amides is 1. The molecule has 2 heterocycles. The summed E-state index contributed by atoms with van der Waals surface area (Å²) in [5.74, 6) is 0.917. The lowest BCUT2D eigenvalue weighted by atomic mass is 9.99. The molecule has 5 heteroatoms. The van der Waals surface area contributed by atoms with Crippen molar-refractivity contribution in [3.63, 3.8) is 0 Å². The second kappa shape index (κ2) is 5.21. The van der Waals surface area contributed by atoms with E-state index in [0.717, 1.165) is 36.3 Å². The molecule has 1 aliphatic rings. The summed E-state index contributed by atoms with van der Waals surface area (Å²) in [5, 5.41) is 4.17. The topological polar surface area (TPSA) is 38.1 Å². The molecule has 0 unspecified atom stereocenters. The highest BCUT2D eigenvalue weighted by atomic mass is 79.9. The van der Waals surface area contributed by atoms with Crippen LogP contribution in [0.1, 0.15) is 32.7 Å². The Hall–Kier alpha value is -0.840. The van der Waals surface area contributed by atoms with E-state index in [1.807, 2.05) is 18.0 Å². The van der Waals surface area contributed by atoms with Gasteiger partial charge < -0.3 is 4.90 Å². The van der Waals surface area contributed by atoms with Gasteiger partial charge in [-0.15, -0.1) is 0 Å². The number of rotatable bonds is 2. The van der Waals surface area contributed by atoms with Crippen molar-refractivity contribution >= 4 is 21.8 Å². The van der Waals surface area contributed by atoms with E-state index in [4.69, 9.17) is 0 Å². The van der Waals surface area contributed by atoms with Gasteiger partial charge in [-0.2, -0.15) is 5.10 Å². The Labute approximate surface area is 110 Å². The molecule has 94 valence electrons.